The molecule has 1 aromatic heterocycles. The molecule has 1 aromatic carbocycles. The molecule has 0 fully saturated rings. The smallest absolute Gasteiger partial charge is 0.240 e. The fourth-order valence-electron chi connectivity index (χ4n) is 1.71. The van der Waals surface area contributed by atoms with E-state index in [1.165, 1.54) is 11.3 Å². The molecule has 6 heteroatoms. The zero-order chi connectivity index (χ0) is 14.8. The van der Waals surface area contributed by atoms with Crippen molar-refractivity contribution in [3.8, 4) is 0 Å². The SMILES string of the molecule is Cc1ccc(S(=O)(=O)NCC(C)(O)c2cccs2)cc1. The highest BCUT2D eigenvalue weighted by Crippen LogP contribution is 2.25. The molecular formula is C14H17NO3S2. The van der Waals surface area contributed by atoms with Crippen molar-refractivity contribution in [2.45, 2.75) is 24.3 Å². The van der Waals surface area contributed by atoms with Gasteiger partial charge >= 0.3 is 0 Å². The van der Waals surface area contributed by atoms with Gasteiger partial charge in [0.1, 0.15) is 5.60 Å². The number of thiophene rings is 1. The molecule has 2 rings (SSSR count). The van der Waals surface area contributed by atoms with Gasteiger partial charge in [0, 0.05) is 11.4 Å². The summed E-state index contributed by atoms with van der Waals surface area (Å²) in [4.78, 5) is 0.925. The monoisotopic (exact) mass is 311 g/mol. The summed E-state index contributed by atoms with van der Waals surface area (Å²) >= 11 is 1.39. The van der Waals surface area contributed by atoms with Crippen molar-refractivity contribution in [2.75, 3.05) is 6.54 Å². The molecule has 0 bridgehead atoms. The van der Waals surface area contributed by atoms with Crippen LogP contribution in [-0.4, -0.2) is 20.1 Å². The van der Waals surface area contributed by atoms with E-state index in [1.807, 2.05) is 18.4 Å². The molecule has 1 atom stereocenters. The van der Waals surface area contributed by atoms with E-state index >= 15 is 0 Å². The first kappa shape index (κ1) is 15.2. The summed E-state index contributed by atoms with van der Waals surface area (Å²) in [7, 11) is -3.61. The lowest BCUT2D eigenvalue weighted by Gasteiger charge is -2.22. The Hall–Kier alpha value is -1.21. The fraction of sp³-hybridized carbons (Fsp3) is 0.286. The molecule has 0 spiro atoms. The Morgan fingerprint density at radius 3 is 2.45 bits per heavy atom. The largest absolute Gasteiger partial charge is 0.383 e. The van der Waals surface area contributed by atoms with Crippen LogP contribution in [-0.2, 0) is 15.6 Å². The zero-order valence-corrected chi connectivity index (χ0v) is 13.0. The van der Waals surface area contributed by atoms with Gasteiger partial charge in [0.15, 0.2) is 0 Å². The van der Waals surface area contributed by atoms with Gasteiger partial charge in [-0.1, -0.05) is 23.8 Å². The Balaban J connectivity index is 2.12. The third-order valence-corrected chi connectivity index (χ3v) is 5.53. The van der Waals surface area contributed by atoms with Crippen molar-refractivity contribution >= 4 is 21.4 Å². The van der Waals surface area contributed by atoms with Crippen LogP contribution in [0.25, 0.3) is 0 Å². The Morgan fingerprint density at radius 1 is 1.25 bits per heavy atom. The van der Waals surface area contributed by atoms with E-state index in [4.69, 9.17) is 0 Å². The lowest BCUT2D eigenvalue weighted by molar-refractivity contribution is 0.0666. The average molecular weight is 311 g/mol. The molecule has 4 nitrogen and oxygen atoms in total. The summed E-state index contributed by atoms with van der Waals surface area (Å²) in [6, 6.07) is 10.2. The predicted octanol–water partition coefficient (Wildman–Crippen LogP) is 2.24. The molecule has 0 amide bonds. The predicted molar refractivity (Wildman–Crippen MR) is 80.3 cm³/mol. The van der Waals surface area contributed by atoms with Crippen LogP contribution >= 0.6 is 11.3 Å². The van der Waals surface area contributed by atoms with Gasteiger partial charge in [-0.3, -0.25) is 0 Å². The summed E-state index contributed by atoms with van der Waals surface area (Å²) < 4.78 is 26.7. The van der Waals surface area contributed by atoms with Crippen LogP contribution in [0.5, 0.6) is 0 Å². The van der Waals surface area contributed by atoms with Gasteiger partial charge in [0.05, 0.1) is 4.90 Å². The quantitative estimate of drug-likeness (QED) is 0.890. The summed E-state index contributed by atoms with van der Waals surface area (Å²) in [5.74, 6) is 0. The molecule has 2 aromatic rings. The topological polar surface area (TPSA) is 66.4 Å². The Bertz CT molecular complexity index is 659. The Kier molecular flexibility index (Phi) is 4.29. The van der Waals surface area contributed by atoms with Gasteiger partial charge in [-0.05, 0) is 37.4 Å². The van der Waals surface area contributed by atoms with E-state index < -0.39 is 15.6 Å². The van der Waals surface area contributed by atoms with E-state index in [2.05, 4.69) is 4.72 Å². The Labute approximate surface area is 123 Å². The van der Waals surface area contributed by atoms with Crippen molar-refractivity contribution in [3.05, 3.63) is 52.2 Å². The van der Waals surface area contributed by atoms with Crippen molar-refractivity contribution in [1.82, 2.24) is 4.72 Å². The maximum absolute atomic E-state index is 12.1. The molecular weight excluding hydrogens is 294 g/mol. The van der Waals surface area contributed by atoms with Gasteiger partial charge in [0.25, 0.3) is 0 Å². The van der Waals surface area contributed by atoms with Gasteiger partial charge in [0.2, 0.25) is 10.0 Å². The van der Waals surface area contributed by atoms with Crippen molar-refractivity contribution < 1.29 is 13.5 Å². The minimum absolute atomic E-state index is 0.0658. The lowest BCUT2D eigenvalue weighted by Crippen LogP contribution is -2.38. The van der Waals surface area contributed by atoms with E-state index in [9.17, 15) is 13.5 Å². The van der Waals surface area contributed by atoms with Gasteiger partial charge in [-0.25, -0.2) is 13.1 Å². The van der Waals surface area contributed by atoms with Crippen LogP contribution in [0.1, 0.15) is 17.4 Å². The highest BCUT2D eigenvalue weighted by atomic mass is 32.2. The number of aryl methyl sites for hydroxylation is 1. The number of rotatable bonds is 5. The molecule has 0 aliphatic carbocycles. The summed E-state index contributed by atoms with van der Waals surface area (Å²) in [6.07, 6.45) is 0. The Morgan fingerprint density at radius 2 is 1.90 bits per heavy atom. The average Bonchev–Trinajstić information content (AvgIpc) is 2.92. The summed E-state index contributed by atoms with van der Waals surface area (Å²) in [6.45, 7) is 3.42. The van der Waals surface area contributed by atoms with Crippen molar-refractivity contribution in [2.24, 2.45) is 0 Å². The molecule has 1 unspecified atom stereocenters. The number of aliphatic hydroxyl groups is 1. The van der Waals surface area contributed by atoms with Crippen LogP contribution in [0.4, 0.5) is 0 Å². The highest BCUT2D eigenvalue weighted by Gasteiger charge is 2.27. The second-order valence-electron chi connectivity index (χ2n) is 4.89. The lowest BCUT2D eigenvalue weighted by atomic mass is 10.1. The molecule has 1 heterocycles. The standard InChI is InChI=1S/C14H17NO3S2/c1-11-5-7-12(8-6-11)20(17,18)15-10-14(2,16)13-4-3-9-19-13/h3-9,15-16H,10H2,1-2H3. The third-order valence-electron chi connectivity index (χ3n) is 2.99. The van der Waals surface area contributed by atoms with Gasteiger partial charge in [-0.2, -0.15) is 0 Å². The first-order chi connectivity index (χ1) is 9.31. The number of nitrogens with one attached hydrogen (secondary N) is 1. The van der Waals surface area contributed by atoms with E-state index in [1.54, 1.807) is 37.3 Å². The van der Waals surface area contributed by atoms with Crippen LogP contribution in [0.3, 0.4) is 0 Å². The first-order valence-corrected chi connectivity index (χ1v) is 8.50. The maximum atomic E-state index is 12.1. The van der Waals surface area contributed by atoms with Crippen molar-refractivity contribution in [1.29, 1.82) is 0 Å². The second-order valence-corrected chi connectivity index (χ2v) is 7.60. The van der Waals surface area contributed by atoms with Crippen LogP contribution in [0, 0.1) is 6.92 Å². The summed E-state index contributed by atoms with van der Waals surface area (Å²) in [5, 5.41) is 12.2. The summed E-state index contributed by atoms with van der Waals surface area (Å²) in [5.41, 5.74) is -0.221. The van der Waals surface area contributed by atoms with Gasteiger partial charge in [-0.15, -0.1) is 11.3 Å². The molecule has 0 aliphatic heterocycles. The molecule has 0 aliphatic rings. The van der Waals surface area contributed by atoms with Crippen LogP contribution < -0.4 is 4.72 Å². The molecule has 20 heavy (non-hydrogen) atoms. The van der Waals surface area contributed by atoms with Crippen LogP contribution in [0.2, 0.25) is 0 Å². The maximum Gasteiger partial charge on any atom is 0.240 e. The van der Waals surface area contributed by atoms with Crippen molar-refractivity contribution in [3.63, 3.8) is 0 Å². The minimum Gasteiger partial charge on any atom is -0.383 e. The van der Waals surface area contributed by atoms with E-state index in [0.29, 0.717) is 0 Å². The van der Waals surface area contributed by atoms with E-state index in [0.717, 1.165) is 10.4 Å². The fourth-order valence-corrected chi connectivity index (χ4v) is 3.63. The highest BCUT2D eigenvalue weighted by molar-refractivity contribution is 7.89. The second kappa shape index (κ2) is 5.65. The van der Waals surface area contributed by atoms with Gasteiger partial charge < -0.3 is 5.11 Å². The minimum atomic E-state index is -3.61. The molecule has 0 saturated carbocycles. The molecule has 108 valence electrons. The first-order valence-electron chi connectivity index (χ1n) is 6.14. The number of hydrogen-bond acceptors (Lipinski definition) is 4. The molecule has 2 N–H and O–H groups in total. The number of sulfonamides is 1. The molecule has 0 saturated heterocycles. The third kappa shape index (κ3) is 3.46. The number of benzene rings is 1. The van der Waals surface area contributed by atoms with E-state index in [-0.39, 0.29) is 11.4 Å². The number of hydrogen-bond donors (Lipinski definition) is 2. The molecule has 0 radical (unpaired) electrons. The van der Waals surface area contributed by atoms with Crippen LogP contribution in [0.15, 0.2) is 46.7 Å². The zero-order valence-electron chi connectivity index (χ0n) is 11.3. The normalized spacial score (nSPS) is 14.9.